The SMILES string of the molecule is Cc1noc(C)c1S(=O)(=O)I. The molecule has 0 fully saturated rings. The maximum absolute atomic E-state index is 11.0. The molecular formula is C5H6INO3S. The van der Waals surface area contributed by atoms with Gasteiger partial charge in [0.05, 0.1) is 21.2 Å². The van der Waals surface area contributed by atoms with Crippen LogP contribution < -0.4 is 0 Å². The highest BCUT2D eigenvalue weighted by Crippen LogP contribution is 2.24. The molecule has 1 aromatic heterocycles. The van der Waals surface area contributed by atoms with Gasteiger partial charge in [-0.25, -0.2) is 8.42 Å². The van der Waals surface area contributed by atoms with Crippen LogP contribution in [0.4, 0.5) is 0 Å². The van der Waals surface area contributed by atoms with Crippen LogP contribution in [0.3, 0.4) is 0 Å². The number of hydrogen-bond donors (Lipinski definition) is 0. The minimum Gasteiger partial charge on any atom is -0.360 e. The number of hydrogen-bond acceptors (Lipinski definition) is 4. The highest BCUT2D eigenvalue weighted by atomic mass is 127. The second kappa shape index (κ2) is 2.74. The van der Waals surface area contributed by atoms with Crippen LogP contribution >= 0.6 is 21.2 Å². The van der Waals surface area contributed by atoms with Crippen LogP contribution in [0.25, 0.3) is 0 Å². The Morgan fingerprint density at radius 1 is 1.45 bits per heavy atom. The fraction of sp³-hybridized carbons (Fsp3) is 0.400. The molecule has 0 aliphatic heterocycles. The molecule has 11 heavy (non-hydrogen) atoms. The Labute approximate surface area is 76.5 Å². The van der Waals surface area contributed by atoms with E-state index in [4.69, 9.17) is 0 Å². The summed E-state index contributed by atoms with van der Waals surface area (Å²) in [6.45, 7) is 3.17. The van der Waals surface area contributed by atoms with Gasteiger partial charge in [0.15, 0.2) is 5.76 Å². The Kier molecular flexibility index (Phi) is 2.24. The van der Waals surface area contributed by atoms with Gasteiger partial charge in [-0.2, -0.15) is 0 Å². The summed E-state index contributed by atoms with van der Waals surface area (Å²) in [5.41, 5.74) is 0.414. The number of aromatic nitrogens is 1. The fourth-order valence-electron chi connectivity index (χ4n) is 0.823. The molecule has 62 valence electrons. The average molecular weight is 287 g/mol. The van der Waals surface area contributed by atoms with Gasteiger partial charge in [-0.3, -0.25) is 0 Å². The minimum absolute atomic E-state index is 0.193. The summed E-state index contributed by atoms with van der Waals surface area (Å²) < 4.78 is 26.7. The van der Waals surface area contributed by atoms with Gasteiger partial charge < -0.3 is 4.52 Å². The predicted octanol–water partition coefficient (Wildman–Crippen LogP) is 1.42. The molecule has 0 radical (unpaired) electrons. The summed E-state index contributed by atoms with van der Waals surface area (Å²) in [6, 6.07) is 0. The summed E-state index contributed by atoms with van der Waals surface area (Å²) in [7, 11) is -3.21. The van der Waals surface area contributed by atoms with Gasteiger partial charge in [0.1, 0.15) is 10.6 Å². The van der Waals surface area contributed by atoms with Crippen LogP contribution in [0.5, 0.6) is 0 Å². The van der Waals surface area contributed by atoms with E-state index in [0.717, 1.165) is 0 Å². The van der Waals surface area contributed by atoms with E-state index >= 15 is 0 Å². The Bertz CT molecular complexity index is 348. The molecule has 0 saturated carbocycles. The zero-order chi connectivity index (χ0) is 8.65. The quantitative estimate of drug-likeness (QED) is 0.579. The van der Waals surface area contributed by atoms with E-state index in [9.17, 15) is 8.42 Å². The van der Waals surface area contributed by atoms with Gasteiger partial charge in [-0.1, -0.05) is 5.16 Å². The van der Waals surface area contributed by atoms with Crippen LogP contribution in [0.2, 0.25) is 0 Å². The Balaban J connectivity index is 3.45. The zero-order valence-corrected chi connectivity index (χ0v) is 8.93. The van der Waals surface area contributed by atoms with Crippen molar-refractivity contribution in [2.75, 3.05) is 0 Å². The molecule has 1 rings (SSSR count). The fourth-order valence-corrected chi connectivity index (χ4v) is 3.48. The lowest BCUT2D eigenvalue weighted by Gasteiger charge is -1.90. The third kappa shape index (κ3) is 1.73. The first kappa shape index (κ1) is 8.98. The Morgan fingerprint density at radius 3 is 2.18 bits per heavy atom. The van der Waals surface area contributed by atoms with Gasteiger partial charge in [-0.15, -0.1) is 0 Å². The molecule has 6 heteroatoms. The van der Waals surface area contributed by atoms with Crippen molar-refractivity contribution in [1.82, 2.24) is 5.16 Å². The average Bonchev–Trinajstić information content (AvgIpc) is 2.08. The van der Waals surface area contributed by atoms with Crippen molar-refractivity contribution in [3.63, 3.8) is 0 Å². The molecule has 4 nitrogen and oxygen atoms in total. The number of nitrogens with zero attached hydrogens (tertiary/aromatic N) is 1. The van der Waals surface area contributed by atoms with E-state index in [-0.39, 0.29) is 4.90 Å². The van der Waals surface area contributed by atoms with E-state index < -0.39 is 7.01 Å². The number of aryl methyl sites for hydroxylation is 2. The molecule has 0 spiro atoms. The molecule has 0 amide bonds. The van der Waals surface area contributed by atoms with Crippen molar-refractivity contribution < 1.29 is 12.9 Å². The van der Waals surface area contributed by atoms with E-state index in [1.54, 1.807) is 13.8 Å². The first-order chi connectivity index (χ1) is 4.93. The molecular weight excluding hydrogens is 281 g/mol. The van der Waals surface area contributed by atoms with Crippen LogP contribution in [0.1, 0.15) is 11.5 Å². The van der Waals surface area contributed by atoms with E-state index in [1.807, 2.05) is 0 Å². The van der Waals surface area contributed by atoms with Crippen molar-refractivity contribution in [1.29, 1.82) is 0 Å². The largest absolute Gasteiger partial charge is 0.360 e. The van der Waals surface area contributed by atoms with Crippen LogP contribution in [0, 0.1) is 13.8 Å². The van der Waals surface area contributed by atoms with Gasteiger partial charge in [0.25, 0.3) is 0 Å². The highest BCUT2D eigenvalue weighted by molar-refractivity contribution is 14.2. The van der Waals surface area contributed by atoms with Gasteiger partial charge in [0.2, 0.25) is 7.01 Å². The van der Waals surface area contributed by atoms with Crippen LogP contribution in [0.15, 0.2) is 9.42 Å². The third-order valence-corrected chi connectivity index (χ3v) is 3.60. The summed E-state index contributed by atoms with van der Waals surface area (Å²) in [5, 5.41) is 3.52. The summed E-state index contributed by atoms with van der Waals surface area (Å²) in [6.07, 6.45) is 0. The molecule has 1 aromatic rings. The number of halogens is 1. The van der Waals surface area contributed by atoms with E-state index in [0.29, 0.717) is 11.5 Å². The monoisotopic (exact) mass is 287 g/mol. The minimum atomic E-state index is -3.21. The lowest BCUT2D eigenvalue weighted by Crippen LogP contribution is -1.92. The molecule has 0 bridgehead atoms. The number of rotatable bonds is 1. The maximum atomic E-state index is 11.0. The molecule has 0 unspecified atom stereocenters. The molecule has 1 heterocycles. The lowest BCUT2D eigenvalue weighted by molar-refractivity contribution is 0.391. The molecule has 0 N–H and O–H groups in total. The first-order valence-electron chi connectivity index (χ1n) is 2.80. The van der Waals surface area contributed by atoms with Crippen molar-refractivity contribution in [2.45, 2.75) is 18.7 Å². The first-order valence-corrected chi connectivity index (χ1v) is 6.83. The van der Waals surface area contributed by atoms with Gasteiger partial charge >= 0.3 is 0 Å². The molecule has 0 aromatic carbocycles. The Morgan fingerprint density at radius 2 is 2.00 bits per heavy atom. The molecule has 0 aliphatic rings. The predicted molar refractivity (Wildman–Crippen MR) is 47.2 cm³/mol. The van der Waals surface area contributed by atoms with E-state index in [1.165, 1.54) is 21.2 Å². The zero-order valence-electron chi connectivity index (χ0n) is 5.96. The topological polar surface area (TPSA) is 60.2 Å². The Hall–Kier alpha value is -0.110. The molecule has 0 atom stereocenters. The normalized spacial score (nSPS) is 11.9. The summed E-state index contributed by atoms with van der Waals surface area (Å²) in [4.78, 5) is 0.193. The second-order valence-corrected chi connectivity index (χ2v) is 6.85. The second-order valence-electron chi connectivity index (χ2n) is 2.09. The smallest absolute Gasteiger partial charge is 0.236 e. The summed E-state index contributed by atoms with van der Waals surface area (Å²) in [5.74, 6) is 0.344. The van der Waals surface area contributed by atoms with Crippen molar-refractivity contribution in [3.05, 3.63) is 11.5 Å². The van der Waals surface area contributed by atoms with Crippen molar-refractivity contribution >= 4 is 28.2 Å². The molecule has 0 aliphatic carbocycles. The highest BCUT2D eigenvalue weighted by Gasteiger charge is 2.20. The maximum Gasteiger partial charge on any atom is 0.236 e. The van der Waals surface area contributed by atoms with Crippen LogP contribution in [-0.4, -0.2) is 13.6 Å². The van der Waals surface area contributed by atoms with Crippen molar-refractivity contribution in [2.24, 2.45) is 0 Å². The van der Waals surface area contributed by atoms with E-state index in [2.05, 4.69) is 9.68 Å². The standard InChI is InChI=1S/C5H6INO3S/c1-3-5(11(6,8)9)4(2)10-7-3/h1-2H3. The lowest BCUT2D eigenvalue weighted by atomic mass is 10.4. The third-order valence-electron chi connectivity index (χ3n) is 1.21. The van der Waals surface area contributed by atoms with Crippen LogP contribution in [-0.2, 0) is 7.01 Å². The van der Waals surface area contributed by atoms with Gasteiger partial charge in [-0.05, 0) is 13.8 Å². The van der Waals surface area contributed by atoms with Gasteiger partial charge in [0, 0.05) is 0 Å². The molecule has 0 saturated heterocycles. The summed E-state index contributed by atoms with van der Waals surface area (Å²) >= 11 is 1.36. The van der Waals surface area contributed by atoms with Crippen molar-refractivity contribution in [3.8, 4) is 0 Å².